The third kappa shape index (κ3) is 10.9. The summed E-state index contributed by atoms with van der Waals surface area (Å²) in [4.78, 5) is 9.30. The highest BCUT2D eigenvalue weighted by molar-refractivity contribution is 5.85. The van der Waals surface area contributed by atoms with Crippen molar-refractivity contribution in [1.29, 1.82) is 0 Å². The normalized spacial score (nSPS) is 33.4. The number of hydrogen-bond donors (Lipinski definition) is 2. The Morgan fingerprint density at radius 2 is 0.894 bits per heavy atom. The number of rotatable bonds is 13. The summed E-state index contributed by atoms with van der Waals surface area (Å²) < 4.78 is 74.8. The molecule has 2 N–H and O–H groups in total. The van der Waals surface area contributed by atoms with Crippen molar-refractivity contribution in [1.82, 2.24) is 0 Å². The highest BCUT2D eigenvalue weighted by Crippen LogP contribution is 2.45. The van der Waals surface area contributed by atoms with Crippen molar-refractivity contribution < 1.29 is 67.1 Å². The fourth-order valence-electron chi connectivity index (χ4n) is 9.55. The Kier molecular flexibility index (Phi) is 13.5. The summed E-state index contributed by atoms with van der Waals surface area (Å²) in [7, 11) is 0. The van der Waals surface area contributed by atoms with Gasteiger partial charge in [0.25, 0.3) is 0 Å². The number of hydrogen-bond acceptors (Lipinski definition) is 16. The van der Waals surface area contributed by atoms with E-state index in [0.717, 1.165) is 22.3 Å². The molecule has 16 nitrogen and oxygen atoms in total. The number of nitrogens with zero attached hydrogens (tertiary/aromatic N) is 2. The maximum atomic E-state index is 11.5. The molecule has 366 valence electrons. The Morgan fingerprint density at radius 1 is 0.530 bits per heavy atom. The van der Waals surface area contributed by atoms with Crippen molar-refractivity contribution >= 4 is 12.4 Å². The van der Waals surface area contributed by atoms with Gasteiger partial charge in [0.2, 0.25) is 0 Å². The molecule has 0 spiro atoms. The molecule has 0 saturated carbocycles. The lowest BCUT2D eigenvalue weighted by Gasteiger charge is -2.27. The first-order chi connectivity index (χ1) is 30.7. The minimum atomic E-state index is -0.812. The first-order valence-electron chi connectivity index (χ1n) is 23.3. The molecule has 8 rings (SSSR count). The van der Waals surface area contributed by atoms with Gasteiger partial charge < -0.3 is 67.1 Å². The zero-order valence-electron chi connectivity index (χ0n) is 41.2. The highest BCUT2D eigenvalue weighted by atomic mass is 16.8. The third-order valence-electron chi connectivity index (χ3n) is 12.5. The predicted molar refractivity (Wildman–Crippen MR) is 243 cm³/mol. The maximum absolute atomic E-state index is 11.5. The molecular weight excluding hydrogens is 853 g/mol. The fourth-order valence-corrected chi connectivity index (χ4v) is 9.55. The number of phenols is 2. The summed E-state index contributed by atoms with van der Waals surface area (Å²) in [5.74, 6) is -2.76. The summed E-state index contributed by atoms with van der Waals surface area (Å²) in [6.45, 7) is 29.1. The fraction of sp³-hybridized carbons (Fsp3) is 0.720. The molecule has 2 aromatic rings. The smallest absolute Gasteiger partial charge is 0.187 e. The lowest BCUT2D eigenvalue weighted by molar-refractivity contribution is -0.250. The van der Waals surface area contributed by atoms with Crippen LogP contribution in [0.25, 0.3) is 0 Å². The largest absolute Gasteiger partial charge is 0.507 e. The maximum Gasteiger partial charge on any atom is 0.187 e. The molecule has 16 heteroatoms. The van der Waals surface area contributed by atoms with Crippen molar-refractivity contribution in [3.63, 3.8) is 0 Å². The molecule has 0 aromatic heterocycles. The molecule has 6 saturated heterocycles. The molecule has 10 atom stereocenters. The summed E-state index contributed by atoms with van der Waals surface area (Å²) in [6, 6.07) is 7.65. The molecule has 0 bridgehead atoms. The van der Waals surface area contributed by atoms with Gasteiger partial charge in [-0.2, -0.15) is 0 Å². The number of phenolic OH excluding ortho intramolecular Hbond substituents is 2. The molecule has 0 aliphatic carbocycles. The van der Waals surface area contributed by atoms with Crippen LogP contribution in [0.5, 0.6) is 11.5 Å². The summed E-state index contributed by atoms with van der Waals surface area (Å²) in [5.41, 5.74) is 3.56. The minimum Gasteiger partial charge on any atom is -0.507 e. The van der Waals surface area contributed by atoms with E-state index in [1.54, 1.807) is 12.4 Å². The van der Waals surface area contributed by atoms with E-state index < -0.39 is 72.4 Å². The number of aliphatic imine (C=N–C) groups is 2. The molecule has 0 unspecified atom stereocenters. The molecule has 6 heterocycles. The van der Waals surface area contributed by atoms with Gasteiger partial charge in [-0.15, -0.1) is 0 Å². The third-order valence-corrected chi connectivity index (χ3v) is 12.5. The summed E-state index contributed by atoms with van der Waals surface area (Å²) >= 11 is 0. The molecule has 6 aliphatic heterocycles. The van der Waals surface area contributed by atoms with Gasteiger partial charge in [-0.25, -0.2) is 0 Å². The average molecular weight is 925 g/mol. The Balaban J connectivity index is 0.920. The standard InChI is InChI=1S/C50H72N2O14/c1-45(2,3)31-19-27(23-55-43-41-39(63-49(11,12)65-41)37(59-43)33-25-57-47(7,8)61-33)17-29(35(31)53)21-51-15-16-52-22-30-18-28(20-32(36(30)54)46(4,5)6)24-56-44-42-40(64-50(13,14)66-42)38(60-44)34-26-58-48(9,10)62-34/h17-22,33-34,37-44,53-54H,15-16,23-26H2,1-14H3/t33-,34-,37-,38-,39+,40+,41+,42+,43-,44-/m1/s1. The van der Waals surface area contributed by atoms with Crippen molar-refractivity contribution in [2.75, 3.05) is 26.3 Å². The van der Waals surface area contributed by atoms with E-state index in [-0.39, 0.29) is 47.8 Å². The quantitative estimate of drug-likeness (QED) is 0.154. The Labute approximate surface area is 389 Å². The second-order valence-electron chi connectivity index (χ2n) is 22.2. The number of benzene rings is 2. The Morgan fingerprint density at radius 3 is 1.23 bits per heavy atom. The van der Waals surface area contributed by atoms with Crippen LogP contribution < -0.4 is 0 Å². The number of aromatic hydroxyl groups is 2. The SMILES string of the molecule is CC1(C)O[C@@H]2[C@H](O1)[C@H](OCc1cc(C=NCCN=Cc3cc(CO[C@@H]4O[C@H]([C@H]5COC(C)(C)O5)[C@@H]5OC(C)(C)O[C@H]45)cc(C(C)(C)C)c3O)c(O)c(C(C)(C)C)c1)O[C@@H]2[C@H]1COC(C)(C)O1. The van der Waals surface area contributed by atoms with Gasteiger partial charge in [-0.3, -0.25) is 9.98 Å². The van der Waals surface area contributed by atoms with Gasteiger partial charge in [0.1, 0.15) is 60.3 Å². The van der Waals surface area contributed by atoms with E-state index in [1.165, 1.54) is 0 Å². The van der Waals surface area contributed by atoms with Crippen LogP contribution in [0.4, 0.5) is 0 Å². The molecule has 2 aromatic carbocycles. The van der Waals surface area contributed by atoms with Gasteiger partial charge in [0, 0.05) is 34.7 Å². The topological polar surface area (TPSA) is 176 Å². The Hall–Kier alpha value is -3.10. The molecular formula is C50H72N2O14. The van der Waals surface area contributed by atoms with Gasteiger partial charge in [-0.1, -0.05) is 41.5 Å². The van der Waals surface area contributed by atoms with Crippen molar-refractivity contribution in [2.24, 2.45) is 9.98 Å². The number of ether oxygens (including phenoxy) is 12. The van der Waals surface area contributed by atoms with Gasteiger partial charge in [-0.05, 0) is 102 Å². The van der Waals surface area contributed by atoms with Crippen LogP contribution >= 0.6 is 0 Å². The van der Waals surface area contributed by atoms with E-state index in [2.05, 4.69) is 9.98 Å². The highest BCUT2D eigenvalue weighted by Gasteiger charge is 2.61. The van der Waals surface area contributed by atoms with Crippen LogP contribution in [-0.4, -0.2) is 134 Å². The summed E-state index contributed by atoms with van der Waals surface area (Å²) in [6.07, 6.45) is -1.36. The van der Waals surface area contributed by atoms with E-state index in [4.69, 9.17) is 56.8 Å². The predicted octanol–water partition coefficient (Wildman–Crippen LogP) is 7.06. The molecule has 6 fully saturated rings. The zero-order chi connectivity index (χ0) is 47.8. The van der Waals surface area contributed by atoms with Gasteiger partial charge >= 0.3 is 0 Å². The van der Waals surface area contributed by atoms with Crippen molar-refractivity contribution in [3.8, 4) is 11.5 Å². The Bertz CT molecular complexity index is 1990. The minimum absolute atomic E-state index is 0.152. The van der Waals surface area contributed by atoms with Crippen LogP contribution in [0, 0.1) is 0 Å². The van der Waals surface area contributed by atoms with Crippen molar-refractivity contribution in [2.45, 2.75) is 206 Å². The monoisotopic (exact) mass is 924 g/mol. The molecule has 0 radical (unpaired) electrons. The van der Waals surface area contributed by atoms with E-state index >= 15 is 0 Å². The molecule has 6 aliphatic rings. The van der Waals surface area contributed by atoms with E-state index in [1.807, 2.05) is 121 Å². The summed E-state index contributed by atoms with van der Waals surface area (Å²) in [5, 5.41) is 22.9. The lowest BCUT2D eigenvalue weighted by Crippen LogP contribution is -2.40. The van der Waals surface area contributed by atoms with Crippen LogP contribution in [0.1, 0.15) is 130 Å². The van der Waals surface area contributed by atoms with E-state index in [0.29, 0.717) is 37.4 Å². The van der Waals surface area contributed by atoms with Gasteiger partial charge in [0.05, 0.1) is 39.5 Å². The number of fused-ring (bicyclic) bond motifs is 2. The molecule has 0 amide bonds. The second-order valence-corrected chi connectivity index (χ2v) is 22.2. The first-order valence-corrected chi connectivity index (χ1v) is 23.3. The van der Waals surface area contributed by atoms with Crippen LogP contribution in [0.2, 0.25) is 0 Å². The molecule has 66 heavy (non-hydrogen) atoms. The second kappa shape index (κ2) is 18.0. The van der Waals surface area contributed by atoms with E-state index in [9.17, 15) is 10.2 Å². The van der Waals surface area contributed by atoms with Crippen LogP contribution in [0.3, 0.4) is 0 Å². The average Bonchev–Trinajstić information content (AvgIpc) is 4.03. The van der Waals surface area contributed by atoms with Crippen LogP contribution in [-0.2, 0) is 80.9 Å². The van der Waals surface area contributed by atoms with Gasteiger partial charge in [0.15, 0.2) is 35.7 Å². The first kappa shape index (κ1) is 49.3. The zero-order valence-corrected chi connectivity index (χ0v) is 41.2. The van der Waals surface area contributed by atoms with Crippen molar-refractivity contribution in [3.05, 3.63) is 57.6 Å². The van der Waals surface area contributed by atoms with Crippen LogP contribution in [0.15, 0.2) is 34.3 Å². The lowest BCUT2D eigenvalue weighted by atomic mass is 9.84.